The normalized spacial score (nSPS) is 15.7. The first-order chi connectivity index (χ1) is 14.6. The number of piperazine rings is 1. The monoisotopic (exact) mass is 469 g/mol. The predicted molar refractivity (Wildman–Crippen MR) is 117 cm³/mol. The molecule has 0 saturated carbocycles. The van der Waals surface area contributed by atoms with Gasteiger partial charge in [-0.1, -0.05) is 47.6 Å². The van der Waals surface area contributed by atoms with E-state index in [0.717, 1.165) is 41.1 Å². The zero-order chi connectivity index (χ0) is 20.9. The summed E-state index contributed by atoms with van der Waals surface area (Å²) in [7, 11) is 0. The first-order valence-corrected chi connectivity index (χ1v) is 10.8. The Labute approximate surface area is 184 Å². The molecule has 0 radical (unpaired) electrons. The summed E-state index contributed by atoms with van der Waals surface area (Å²) < 4.78 is 12.2. The fourth-order valence-corrected chi connectivity index (χ4v) is 3.95. The Morgan fingerprint density at radius 1 is 1.10 bits per heavy atom. The summed E-state index contributed by atoms with van der Waals surface area (Å²) in [5, 5.41) is 4.07. The van der Waals surface area contributed by atoms with Crippen LogP contribution in [-0.4, -0.2) is 47.0 Å². The van der Waals surface area contributed by atoms with Crippen molar-refractivity contribution in [1.82, 2.24) is 15.0 Å². The fraction of sp³-hybridized carbons (Fsp3) is 0.304. The Bertz CT molecular complexity index is 984. The van der Waals surface area contributed by atoms with Crippen molar-refractivity contribution >= 4 is 21.8 Å². The third kappa shape index (κ3) is 4.91. The molecule has 2 heterocycles. The van der Waals surface area contributed by atoms with Crippen molar-refractivity contribution in [2.45, 2.75) is 19.6 Å². The van der Waals surface area contributed by atoms with Crippen molar-refractivity contribution in [2.75, 3.05) is 26.2 Å². The molecule has 4 rings (SSSR count). The predicted octanol–water partition coefficient (Wildman–Crippen LogP) is 4.21. The molecule has 1 aliphatic heterocycles. The lowest BCUT2D eigenvalue weighted by molar-refractivity contribution is -0.141. The van der Waals surface area contributed by atoms with E-state index in [2.05, 4.69) is 26.0 Å². The summed E-state index contributed by atoms with van der Waals surface area (Å²) in [5.41, 5.74) is 1.77. The number of ether oxygens (including phenoxy) is 1. The van der Waals surface area contributed by atoms with Gasteiger partial charge in [-0.3, -0.25) is 9.69 Å². The molecule has 0 spiro atoms. The second-order valence-electron chi connectivity index (χ2n) is 7.37. The number of halogens is 1. The molecule has 6 nitrogen and oxygen atoms in total. The van der Waals surface area contributed by atoms with Crippen LogP contribution in [0.4, 0.5) is 0 Å². The molecule has 156 valence electrons. The highest BCUT2D eigenvalue weighted by molar-refractivity contribution is 9.10. The minimum absolute atomic E-state index is 0.0196. The van der Waals surface area contributed by atoms with Crippen LogP contribution in [-0.2, 0) is 11.3 Å². The van der Waals surface area contributed by atoms with Crippen molar-refractivity contribution in [3.8, 4) is 5.75 Å². The molecule has 7 heteroatoms. The second-order valence-corrected chi connectivity index (χ2v) is 8.22. The van der Waals surface area contributed by atoms with Crippen molar-refractivity contribution in [1.29, 1.82) is 0 Å². The molecule has 0 aliphatic carbocycles. The number of amides is 1. The van der Waals surface area contributed by atoms with Gasteiger partial charge in [-0.15, -0.1) is 0 Å². The lowest BCUT2D eigenvalue weighted by Gasteiger charge is -2.36. The van der Waals surface area contributed by atoms with E-state index < -0.39 is 6.10 Å². The van der Waals surface area contributed by atoms with Crippen molar-refractivity contribution in [3.05, 3.63) is 82.2 Å². The highest BCUT2D eigenvalue weighted by atomic mass is 79.9. The zero-order valence-corrected chi connectivity index (χ0v) is 18.4. The standard InChI is InChI=1S/C23H24BrN3O3/c1-17-15-19(25-30-17)16-26-11-13-27(14-12-26)23(28)22(18-7-3-2-4-8-18)29-21-10-6-5-9-20(21)24/h2-10,15,22H,11-14,16H2,1H3. The summed E-state index contributed by atoms with van der Waals surface area (Å²) >= 11 is 3.51. The van der Waals surface area contributed by atoms with E-state index >= 15 is 0 Å². The first kappa shape index (κ1) is 20.6. The quantitative estimate of drug-likeness (QED) is 0.540. The fourth-order valence-electron chi connectivity index (χ4n) is 3.57. The van der Waals surface area contributed by atoms with Gasteiger partial charge in [0.2, 0.25) is 6.10 Å². The van der Waals surface area contributed by atoms with Crippen LogP contribution < -0.4 is 4.74 Å². The molecule has 1 atom stereocenters. The third-order valence-electron chi connectivity index (χ3n) is 5.15. The molecule has 1 unspecified atom stereocenters. The molecule has 0 N–H and O–H groups in total. The number of para-hydroxylation sites is 1. The van der Waals surface area contributed by atoms with Gasteiger partial charge in [0.25, 0.3) is 5.91 Å². The minimum Gasteiger partial charge on any atom is -0.475 e. The molecular weight excluding hydrogens is 446 g/mol. The molecule has 1 amide bonds. The maximum Gasteiger partial charge on any atom is 0.268 e. The van der Waals surface area contributed by atoms with Gasteiger partial charge in [0.05, 0.1) is 10.2 Å². The number of benzene rings is 2. The van der Waals surface area contributed by atoms with Crippen LogP contribution in [0.25, 0.3) is 0 Å². The average Bonchev–Trinajstić information content (AvgIpc) is 3.18. The van der Waals surface area contributed by atoms with E-state index in [1.165, 1.54) is 0 Å². The van der Waals surface area contributed by atoms with Crippen molar-refractivity contribution in [2.24, 2.45) is 0 Å². The Morgan fingerprint density at radius 2 is 1.80 bits per heavy atom. The molecule has 30 heavy (non-hydrogen) atoms. The number of hydrogen-bond acceptors (Lipinski definition) is 5. The van der Waals surface area contributed by atoms with Crippen LogP contribution in [0.3, 0.4) is 0 Å². The highest BCUT2D eigenvalue weighted by Crippen LogP contribution is 2.30. The molecule has 3 aromatic rings. The summed E-state index contributed by atoms with van der Waals surface area (Å²) in [6.45, 7) is 5.50. The minimum atomic E-state index is -0.686. The smallest absolute Gasteiger partial charge is 0.268 e. The largest absolute Gasteiger partial charge is 0.475 e. The van der Waals surface area contributed by atoms with Gasteiger partial charge in [-0.05, 0) is 35.0 Å². The molecule has 1 aromatic heterocycles. The molecular formula is C23H24BrN3O3. The van der Waals surface area contributed by atoms with Gasteiger partial charge in [0, 0.05) is 44.4 Å². The van der Waals surface area contributed by atoms with Crippen LogP contribution >= 0.6 is 15.9 Å². The number of rotatable bonds is 6. The topological polar surface area (TPSA) is 58.8 Å². The molecule has 1 fully saturated rings. The number of aromatic nitrogens is 1. The summed E-state index contributed by atoms with van der Waals surface area (Å²) in [6.07, 6.45) is -0.686. The van der Waals surface area contributed by atoms with E-state index in [1.54, 1.807) is 0 Å². The Kier molecular flexibility index (Phi) is 6.50. The zero-order valence-electron chi connectivity index (χ0n) is 16.8. The number of nitrogens with zero attached hydrogens (tertiary/aromatic N) is 3. The highest BCUT2D eigenvalue weighted by Gasteiger charge is 2.30. The number of carbonyl (C=O) groups excluding carboxylic acids is 1. The maximum atomic E-state index is 13.4. The van der Waals surface area contributed by atoms with Crippen LogP contribution in [0.1, 0.15) is 23.1 Å². The summed E-state index contributed by atoms with van der Waals surface area (Å²) in [6, 6.07) is 19.2. The maximum absolute atomic E-state index is 13.4. The number of carbonyl (C=O) groups is 1. The van der Waals surface area contributed by atoms with Crippen LogP contribution in [0.2, 0.25) is 0 Å². The van der Waals surface area contributed by atoms with Crippen molar-refractivity contribution < 1.29 is 14.1 Å². The molecule has 1 saturated heterocycles. The average molecular weight is 470 g/mol. The van der Waals surface area contributed by atoms with Crippen LogP contribution in [0.15, 0.2) is 69.7 Å². The molecule has 1 aliphatic rings. The van der Waals surface area contributed by atoms with Gasteiger partial charge in [0.15, 0.2) is 0 Å². The third-order valence-corrected chi connectivity index (χ3v) is 5.81. The Hall–Kier alpha value is -2.64. The van der Waals surface area contributed by atoms with Gasteiger partial charge >= 0.3 is 0 Å². The van der Waals surface area contributed by atoms with Crippen LogP contribution in [0, 0.1) is 6.92 Å². The summed E-state index contributed by atoms with van der Waals surface area (Å²) in [4.78, 5) is 17.6. The summed E-state index contributed by atoms with van der Waals surface area (Å²) in [5.74, 6) is 1.45. The van der Waals surface area contributed by atoms with E-state index in [4.69, 9.17) is 9.26 Å². The van der Waals surface area contributed by atoms with E-state index in [0.29, 0.717) is 18.8 Å². The van der Waals surface area contributed by atoms with Crippen molar-refractivity contribution in [3.63, 3.8) is 0 Å². The molecule has 2 aromatic carbocycles. The van der Waals surface area contributed by atoms with Gasteiger partial charge in [-0.2, -0.15) is 0 Å². The Balaban J connectivity index is 1.45. The van der Waals surface area contributed by atoms with E-state index in [1.807, 2.05) is 72.5 Å². The number of hydrogen-bond donors (Lipinski definition) is 0. The first-order valence-electron chi connectivity index (χ1n) is 9.99. The van der Waals surface area contributed by atoms with Gasteiger partial charge < -0.3 is 14.2 Å². The SMILES string of the molecule is Cc1cc(CN2CCN(C(=O)C(Oc3ccccc3Br)c3ccccc3)CC2)no1. The van der Waals surface area contributed by atoms with Gasteiger partial charge in [-0.25, -0.2) is 0 Å². The second kappa shape index (κ2) is 9.45. The lowest BCUT2D eigenvalue weighted by atomic mass is 10.1. The Morgan fingerprint density at radius 3 is 2.47 bits per heavy atom. The van der Waals surface area contributed by atoms with E-state index in [-0.39, 0.29) is 5.91 Å². The van der Waals surface area contributed by atoms with Crippen LogP contribution in [0.5, 0.6) is 5.75 Å². The van der Waals surface area contributed by atoms with E-state index in [9.17, 15) is 4.79 Å². The molecule has 0 bridgehead atoms. The van der Waals surface area contributed by atoms with Gasteiger partial charge in [0.1, 0.15) is 11.5 Å². The lowest BCUT2D eigenvalue weighted by Crippen LogP contribution is -2.50. The number of aryl methyl sites for hydroxylation is 1.